The lowest BCUT2D eigenvalue weighted by Gasteiger charge is -2.20. The number of esters is 1. The van der Waals surface area contributed by atoms with E-state index < -0.39 is 12.2 Å². The number of unbranched alkanes of at least 4 members (excludes halogenated alkanes) is 4. The van der Waals surface area contributed by atoms with Gasteiger partial charge in [0.15, 0.2) is 6.10 Å². The first-order valence-electron chi connectivity index (χ1n) is 12.8. The number of ether oxygens (including phenoxy) is 2. The average molecular weight is 471 g/mol. The predicted molar refractivity (Wildman–Crippen MR) is 135 cm³/mol. The minimum Gasteiger partial charge on any atom is -0.453 e. The summed E-state index contributed by atoms with van der Waals surface area (Å²) in [5.74, 6) is 0.222. The molecule has 0 saturated carbocycles. The highest BCUT2D eigenvalue weighted by molar-refractivity contribution is 5.70. The largest absolute Gasteiger partial charge is 0.453 e. The van der Waals surface area contributed by atoms with Crippen molar-refractivity contribution in [2.45, 2.75) is 76.9 Å². The minimum atomic E-state index is -0.822. The van der Waals surface area contributed by atoms with Crippen LogP contribution < -0.4 is 0 Å². The summed E-state index contributed by atoms with van der Waals surface area (Å²) < 4.78 is 11.5. The van der Waals surface area contributed by atoms with Gasteiger partial charge in [0.05, 0.1) is 13.2 Å². The number of aliphatic hydroxyl groups excluding tert-OH is 2. The second-order valence-corrected chi connectivity index (χ2v) is 9.03. The molecule has 0 spiro atoms. The normalized spacial score (nSPS) is 13.1. The first kappa shape index (κ1) is 28.0. The molecule has 0 heterocycles. The highest BCUT2D eigenvalue weighted by atomic mass is 16.5. The van der Waals surface area contributed by atoms with Crippen molar-refractivity contribution in [3.8, 4) is 0 Å². The monoisotopic (exact) mass is 470 g/mol. The van der Waals surface area contributed by atoms with Crippen molar-refractivity contribution in [3.05, 3.63) is 71.8 Å². The van der Waals surface area contributed by atoms with E-state index >= 15 is 0 Å². The molecule has 2 atom stereocenters. The lowest BCUT2D eigenvalue weighted by atomic mass is 9.95. The number of hydrogen-bond acceptors (Lipinski definition) is 5. The number of rotatable bonds is 18. The fourth-order valence-corrected chi connectivity index (χ4v) is 4.07. The van der Waals surface area contributed by atoms with E-state index in [1.54, 1.807) is 0 Å². The van der Waals surface area contributed by atoms with Crippen LogP contribution in [0.5, 0.6) is 0 Å². The molecule has 2 rings (SSSR count). The van der Waals surface area contributed by atoms with Gasteiger partial charge in [-0.15, -0.1) is 0 Å². The standard InChI is InChI=1S/C29H42O5/c1-2-3-4-7-14-24(22-33-23-27(31)21-30)15-12-13-20-28(32)34-29(25-16-8-5-9-17-25)26-18-10-6-11-19-26/h5-6,8-11,16-19,24,27,29-31H,2-4,7,12-15,20-23H2,1H3/t24-,27-/m0/s1. The van der Waals surface area contributed by atoms with Crippen LogP contribution in [0.1, 0.15) is 81.9 Å². The molecule has 0 bridgehead atoms. The molecule has 0 saturated heterocycles. The van der Waals surface area contributed by atoms with Crippen LogP contribution in [0, 0.1) is 5.92 Å². The van der Waals surface area contributed by atoms with Gasteiger partial charge in [0.1, 0.15) is 6.10 Å². The van der Waals surface area contributed by atoms with Gasteiger partial charge in [0.25, 0.3) is 0 Å². The lowest BCUT2D eigenvalue weighted by molar-refractivity contribution is -0.147. The van der Waals surface area contributed by atoms with Gasteiger partial charge in [-0.1, -0.05) is 99.7 Å². The SMILES string of the molecule is CCCCCC[C@@H](CCCCC(=O)OC(c1ccccc1)c1ccccc1)COC[C@@H](O)CO. The van der Waals surface area contributed by atoms with E-state index in [1.165, 1.54) is 25.7 Å². The van der Waals surface area contributed by atoms with Crippen molar-refractivity contribution in [3.63, 3.8) is 0 Å². The molecule has 0 unspecified atom stereocenters. The molecule has 0 aliphatic carbocycles. The van der Waals surface area contributed by atoms with Crippen LogP contribution in [0.25, 0.3) is 0 Å². The third-order valence-corrected chi connectivity index (χ3v) is 6.04. The van der Waals surface area contributed by atoms with Crippen molar-refractivity contribution in [1.82, 2.24) is 0 Å². The Labute approximate surface area is 205 Å². The van der Waals surface area contributed by atoms with Gasteiger partial charge in [0, 0.05) is 13.0 Å². The molecule has 0 fully saturated rings. The molecule has 0 aliphatic heterocycles. The molecule has 5 heteroatoms. The zero-order valence-electron chi connectivity index (χ0n) is 20.6. The molecule has 0 aromatic heterocycles. The molecule has 188 valence electrons. The van der Waals surface area contributed by atoms with E-state index in [4.69, 9.17) is 14.6 Å². The van der Waals surface area contributed by atoms with Gasteiger partial charge < -0.3 is 19.7 Å². The molecule has 2 aromatic carbocycles. The Morgan fingerprint density at radius 3 is 1.97 bits per heavy atom. The van der Waals surface area contributed by atoms with Gasteiger partial charge in [0.2, 0.25) is 0 Å². The van der Waals surface area contributed by atoms with Gasteiger partial charge in [-0.2, -0.15) is 0 Å². The molecule has 0 amide bonds. The summed E-state index contributed by atoms with van der Waals surface area (Å²) in [6.07, 6.45) is 7.79. The zero-order valence-corrected chi connectivity index (χ0v) is 20.6. The molecule has 2 N–H and O–H groups in total. The second-order valence-electron chi connectivity index (χ2n) is 9.03. The first-order chi connectivity index (χ1) is 16.6. The summed E-state index contributed by atoms with van der Waals surface area (Å²) in [6, 6.07) is 19.7. The van der Waals surface area contributed by atoms with Gasteiger partial charge >= 0.3 is 5.97 Å². The molecule has 34 heavy (non-hydrogen) atoms. The number of aliphatic hydroxyl groups is 2. The van der Waals surface area contributed by atoms with Crippen LogP contribution >= 0.6 is 0 Å². The summed E-state index contributed by atoms with van der Waals surface area (Å²) in [6.45, 7) is 2.67. The topological polar surface area (TPSA) is 76.0 Å². The first-order valence-corrected chi connectivity index (χ1v) is 12.8. The van der Waals surface area contributed by atoms with Crippen LogP contribution in [-0.2, 0) is 14.3 Å². The third-order valence-electron chi connectivity index (χ3n) is 6.04. The Morgan fingerprint density at radius 2 is 1.41 bits per heavy atom. The summed E-state index contributed by atoms with van der Waals surface area (Å²) in [5, 5.41) is 18.5. The second kappa shape index (κ2) is 17.3. The van der Waals surface area contributed by atoms with Crippen LogP contribution in [0.2, 0.25) is 0 Å². The number of benzene rings is 2. The van der Waals surface area contributed by atoms with E-state index in [2.05, 4.69) is 6.92 Å². The van der Waals surface area contributed by atoms with Gasteiger partial charge in [-0.25, -0.2) is 0 Å². The maximum atomic E-state index is 12.7. The summed E-state index contributed by atoms with van der Waals surface area (Å²) in [4.78, 5) is 12.7. The van der Waals surface area contributed by atoms with E-state index in [0.717, 1.165) is 36.8 Å². The zero-order chi connectivity index (χ0) is 24.4. The van der Waals surface area contributed by atoms with E-state index in [9.17, 15) is 9.90 Å². The molecular weight excluding hydrogens is 428 g/mol. The highest BCUT2D eigenvalue weighted by Crippen LogP contribution is 2.27. The van der Waals surface area contributed by atoms with E-state index in [-0.39, 0.29) is 19.2 Å². The Kier molecular flexibility index (Phi) is 14.2. The molecule has 0 aliphatic rings. The molecule has 0 radical (unpaired) electrons. The van der Waals surface area contributed by atoms with Crippen LogP contribution in [0.3, 0.4) is 0 Å². The Hall–Kier alpha value is -2.21. The summed E-state index contributed by atoms with van der Waals surface area (Å²) in [7, 11) is 0. The predicted octanol–water partition coefficient (Wildman–Crippen LogP) is 5.84. The number of hydrogen-bond donors (Lipinski definition) is 2. The Morgan fingerprint density at radius 1 is 0.824 bits per heavy atom. The summed E-state index contributed by atoms with van der Waals surface area (Å²) in [5.41, 5.74) is 1.94. The number of carbonyl (C=O) groups excluding carboxylic acids is 1. The molecule has 5 nitrogen and oxygen atoms in total. The fraction of sp³-hybridized carbons (Fsp3) is 0.552. The minimum absolute atomic E-state index is 0.161. The van der Waals surface area contributed by atoms with Crippen LogP contribution in [0.4, 0.5) is 0 Å². The Bertz CT molecular complexity index is 725. The maximum absolute atomic E-state index is 12.7. The van der Waals surface area contributed by atoms with Crippen LogP contribution in [-0.4, -0.2) is 42.1 Å². The van der Waals surface area contributed by atoms with Crippen molar-refractivity contribution >= 4 is 5.97 Å². The van der Waals surface area contributed by atoms with Gasteiger partial charge in [-0.3, -0.25) is 4.79 Å². The van der Waals surface area contributed by atoms with Crippen molar-refractivity contribution in [2.75, 3.05) is 19.8 Å². The fourth-order valence-electron chi connectivity index (χ4n) is 4.07. The maximum Gasteiger partial charge on any atom is 0.306 e. The van der Waals surface area contributed by atoms with E-state index in [1.807, 2.05) is 60.7 Å². The summed E-state index contributed by atoms with van der Waals surface area (Å²) >= 11 is 0. The number of carbonyl (C=O) groups is 1. The van der Waals surface area contributed by atoms with Gasteiger partial charge in [-0.05, 0) is 36.3 Å². The van der Waals surface area contributed by atoms with Crippen molar-refractivity contribution in [1.29, 1.82) is 0 Å². The third kappa shape index (κ3) is 11.3. The smallest absolute Gasteiger partial charge is 0.306 e. The molecular formula is C29H42O5. The van der Waals surface area contributed by atoms with Crippen LogP contribution in [0.15, 0.2) is 60.7 Å². The highest BCUT2D eigenvalue weighted by Gasteiger charge is 2.19. The quantitative estimate of drug-likeness (QED) is 0.212. The Balaban J connectivity index is 1.80. The van der Waals surface area contributed by atoms with E-state index in [0.29, 0.717) is 18.9 Å². The van der Waals surface area contributed by atoms with Crippen molar-refractivity contribution in [2.24, 2.45) is 5.92 Å². The average Bonchev–Trinajstić information content (AvgIpc) is 2.88. The lowest BCUT2D eigenvalue weighted by Crippen LogP contribution is -2.22. The molecule has 2 aromatic rings. The van der Waals surface area contributed by atoms with Crippen molar-refractivity contribution < 1.29 is 24.5 Å².